The Bertz CT molecular complexity index is 791. The summed E-state index contributed by atoms with van der Waals surface area (Å²) in [6, 6.07) is 5.81. The lowest BCUT2D eigenvalue weighted by Gasteiger charge is -2.13. The van der Waals surface area contributed by atoms with Gasteiger partial charge in [-0.2, -0.15) is 5.10 Å². The van der Waals surface area contributed by atoms with Gasteiger partial charge in [0, 0.05) is 32.2 Å². The number of benzene rings is 1. The van der Waals surface area contributed by atoms with Crippen molar-refractivity contribution in [3.63, 3.8) is 0 Å². The van der Waals surface area contributed by atoms with E-state index in [1.165, 1.54) is 5.56 Å². The molecule has 0 unspecified atom stereocenters. The Morgan fingerprint density at radius 1 is 1.17 bits per heavy atom. The van der Waals surface area contributed by atoms with Crippen LogP contribution >= 0.6 is 0 Å². The molecule has 23 heavy (non-hydrogen) atoms. The summed E-state index contributed by atoms with van der Waals surface area (Å²) in [6.45, 7) is 0.821. The van der Waals surface area contributed by atoms with Crippen molar-refractivity contribution in [2.45, 2.75) is 13.0 Å². The van der Waals surface area contributed by atoms with Gasteiger partial charge in [0.1, 0.15) is 5.82 Å². The molecule has 0 amide bonds. The predicted octanol–water partition coefficient (Wildman–Crippen LogP) is 2.54. The second-order valence-electron chi connectivity index (χ2n) is 5.26. The molecule has 3 rings (SSSR count). The van der Waals surface area contributed by atoms with E-state index in [9.17, 15) is 0 Å². The van der Waals surface area contributed by atoms with Crippen molar-refractivity contribution < 1.29 is 9.47 Å². The molecule has 0 aliphatic rings. The van der Waals surface area contributed by atoms with E-state index in [2.05, 4.69) is 14.6 Å². The number of hydrogen-bond donors (Lipinski definition) is 0. The first-order valence-corrected chi connectivity index (χ1v) is 7.43. The molecule has 2 aromatic heterocycles. The van der Waals surface area contributed by atoms with Gasteiger partial charge >= 0.3 is 0 Å². The van der Waals surface area contributed by atoms with Crippen molar-refractivity contribution in [3.8, 4) is 22.9 Å². The molecule has 1 aromatic carbocycles. The third-order valence-electron chi connectivity index (χ3n) is 3.76. The number of aromatic nitrogens is 4. The number of hydrogen-bond acceptors (Lipinski definition) is 4. The highest BCUT2D eigenvalue weighted by molar-refractivity contribution is 5.69. The van der Waals surface area contributed by atoms with Gasteiger partial charge in [-0.1, -0.05) is 6.07 Å². The first-order valence-electron chi connectivity index (χ1n) is 7.43. The van der Waals surface area contributed by atoms with Crippen LogP contribution in [0.2, 0.25) is 0 Å². The van der Waals surface area contributed by atoms with Gasteiger partial charge in [0.15, 0.2) is 11.5 Å². The maximum Gasteiger partial charge on any atom is 0.171 e. The van der Waals surface area contributed by atoms with E-state index in [1.54, 1.807) is 20.4 Å². The fraction of sp³-hybridized carbons (Fsp3) is 0.294. The lowest BCUT2D eigenvalue weighted by atomic mass is 10.1. The Morgan fingerprint density at radius 3 is 2.74 bits per heavy atom. The van der Waals surface area contributed by atoms with Crippen LogP contribution in [0.5, 0.6) is 11.5 Å². The van der Waals surface area contributed by atoms with Crippen LogP contribution in [-0.4, -0.2) is 33.6 Å². The van der Waals surface area contributed by atoms with Crippen LogP contribution in [0.3, 0.4) is 0 Å². The third-order valence-corrected chi connectivity index (χ3v) is 3.76. The number of rotatable bonds is 6. The van der Waals surface area contributed by atoms with Crippen molar-refractivity contribution in [3.05, 3.63) is 48.5 Å². The first-order chi connectivity index (χ1) is 11.2. The normalized spacial score (nSPS) is 10.7. The van der Waals surface area contributed by atoms with E-state index in [0.29, 0.717) is 11.5 Å². The zero-order valence-corrected chi connectivity index (χ0v) is 13.6. The molecule has 2 heterocycles. The summed E-state index contributed by atoms with van der Waals surface area (Å²) in [5.74, 6) is 2.26. The maximum atomic E-state index is 5.52. The average Bonchev–Trinajstić information content (AvgIpc) is 3.20. The van der Waals surface area contributed by atoms with Gasteiger partial charge < -0.3 is 14.0 Å². The SMILES string of the molecule is COc1cccc(-c2nccn2CCc2cnn(C)c2)c1OC. The second kappa shape index (κ2) is 6.56. The van der Waals surface area contributed by atoms with Crippen molar-refractivity contribution >= 4 is 0 Å². The fourth-order valence-corrected chi connectivity index (χ4v) is 2.65. The van der Waals surface area contributed by atoms with Crippen LogP contribution in [0.15, 0.2) is 43.0 Å². The molecule has 0 saturated carbocycles. The minimum Gasteiger partial charge on any atom is -0.493 e. The van der Waals surface area contributed by atoms with Crippen LogP contribution in [0.1, 0.15) is 5.56 Å². The van der Waals surface area contributed by atoms with E-state index < -0.39 is 0 Å². The number of imidazole rings is 1. The topological polar surface area (TPSA) is 54.1 Å². The van der Waals surface area contributed by atoms with E-state index in [1.807, 2.05) is 48.5 Å². The Balaban J connectivity index is 1.89. The minimum absolute atomic E-state index is 0.698. The van der Waals surface area contributed by atoms with E-state index in [-0.39, 0.29) is 0 Å². The molecule has 6 nitrogen and oxygen atoms in total. The number of aryl methyl sites for hydroxylation is 3. The molecule has 0 aliphatic heterocycles. The Labute approximate surface area is 135 Å². The fourth-order valence-electron chi connectivity index (χ4n) is 2.65. The van der Waals surface area contributed by atoms with E-state index in [4.69, 9.17) is 9.47 Å². The molecule has 120 valence electrons. The van der Waals surface area contributed by atoms with Crippen molar-refractivity contribution in [2.75, 3.05) is 14.2 Å². The number of para-hydroxylation sites is 1. The molecule has 0 spiro atoms. The van der Waals surface area contributed by atoms with Gasteiger partial charge in [-0.25, -0.2) is 4.98 Å². The molecule has 0 aliphatic carbocycles. The summed E-state index contributed by atoms with van der Waals surface area (Å²) >= 11 is 0. The highest BCUT2D eigenvalue weighted by Crippen LogP contribution is 2.37. The molecular formula is C17H20N4O2. The Hall–Kier alpha value is -2.76. The smallest absolute Gasteiger partial charge is 0.171 e. The van der Waals surface area contributed by atoms with Gasteiger partial charge in [0.25, 0.3) is 0 Å². The zero-order chi connectivity index (χ0) is 16.2. The molecule has 6 heteroatoms. The van der Waals surface area contributed by atoms with Crippen molar-refractivity contribution in [1.82, 2.24) is 19.3 Å². The summed E-state index contributed by atoms with van der Waals surface area (Å²) in [6.07, 6.45) is 8.59. The lowest BCUT2D eigenvalue weighted by molar-refractivity contribution is 0.356. The van der Waals surface area contributed by atoms with E-state index >= 15 is 0 Å². The molecule has 0 radical (unpaired) electrons. The van der Waals surface area contributed by atoms with Crippen LogP contribution < -0.4 is 9.47 Å². The molecule has 0 saturated heterocycles. The average molecular weight is 312 g/mol. The summed E-state index contributed by atoms with van der Waals surface area (Å²) < 4.78 is 14.8. The molecular weight excluding hydrogens is 292 g/mol. The maximum absolute atomic E-state index is 5.52. The lowest BCUT2D eigenvalue weighted by Crippen LogP contribution is -2.03. The highest BCUT2D eigenvalue weighted by atomic mass is 16.5. The van der Waals surface area contributed by atoms with Gasteiger partial charge in [-0.3, -0.25) is 4.68 Å². The van der Waals surface area contributed by atoms with Gasteiger partial charge in [0.2, 0.25) is 0 Å². The van der Waals surface area contributed by atoms with Crippen LogP contribution in [0.4, 0.5) is 0 Å². The Morgan fingerprint density at radius 2 is 2.04 bits per heavy atom. The molecule has 0 fully saturated rings. The molecule has 0 N–H and O–H groups in total. The third kappa shape index (κ3) is 3.06. The van der Waals surface area contributed by atoms with Gasteiger partial charge in [0.05, 0.1) is 26.0 Å². The van der Waals surface area contributed by atoms with Crippen LogP contribution in [-0.2, 0) is 20.0 Å². The summed E-state index contributed by atoms with van der Waals surface area (Å²) in [5, 5.41) is 4.20. The summed E-state index contributed by atoms with van der Waals surface area (Å²) in [4.78, 5) is 4.49. The van der Waals surface area contributed by atoms with Crippen molar-refractivity contribution in [1.29, 1.82) is 0 Å². The van der Waals surface area contributed by atoms with E-state index in [0.717, 1.165) is 24.4 Å². The van der Waals surface area contributed by atoms with Crippen LogP contribution in [0.25, 0.3) is 11.4 Å². The summed E-state index contributed by atoms with van der Waals surface area (Å²) in [7, 11) is 5.20. The first kappa shape index (κ1) is 15.1. The molecule has 0 atom stereocenters. The molecule has 3 aromatic rings. The minimum atomic E-state index is 0.698. The quantitative estimate of drug-likeness (QED) is 0.702. The van der Waals surface area contributed by atoms with Crippen molar-refractivity contribution in [2.24, 2.45) is 7.05 Å². The predicted molar refractivity (Wildman–Crippen MR) is 87.7 cm³/mol. The molecule has 0 bridgehead atoms. The van der Waals surface area contributed by atoms with Gasteiger partial charge in [-0.15, -0.1) is 0 Å². The number of methoxy groups -OCH3 is 2. The highest BCUT2D eigenvalue weighted by Gasteiger charge is 2.15. The van der Waals surface area contributed by atoms with Crippen LogP contribution in [0, 0.1) is 0 Å². The van der Waals surface area contributed by atoms with Gasteiger partial charge in [-0.05, 0) is 24.1 Å². The largest absolute Gasteiger partial charge is 0.493 e. The second-order valence-corrected chi connectivity index (χ2v) is 5.26. The number of ether oxygens (including phenoxy) is 2. The Kier molecular flexibility index (Phi) is 4.32. The zero-order valence-electron chi connectivity index (χ0n) is 13.6. The number of nitrogens with zero attached hydrogens (tertiary/aromatic N) is 4. The standard InChI is InChI=1S/C17H20N4O2/c1-20-12-13(11-19-20)7-9-21-10-8-18-17(21)14-5-4-6-15(22-2)16(14)23-3/h4-6,8,10-12H,7,9H2,1-3H3. The monoisotopic (exact) mass is 312 g/mol. The summed E-state index contributed by atoms with van der Waals surface area (Å²) in [5.41, 5.74) is 2.12.